The van der Waals surface area contributed by atoms with E-state index in [2.05, 4.69) is 0 Å². The zero-order chi connectivity index (χ0) is 15.5. The number of benzene rings is 1. The molecule has 0 spiro atoms. The number of rotatable bonds is 10. The van der Waals surface area contributed by atoms with Crippen LogP contribution in [0.5, 0.6) is 5.75 Å². The number of carbonyl (C=O) groups is 1. The smallest absolute Gasteiger partial charge is 0.222 e. The van der Waals surface area contributed by atoms with E-state index in [-0.39, 0.29) is 5.91 Å². The molecule has 1 rings (SSSR count). The van der Waals surface area contributed by atoms with E-state index < -0.39 is 0 Å². The van der Waals surface area contributed by atoms with Gasteiger partial charge in [-0.25, -0.2) is 0 Å². The summed E-state index contributed by atoms with van der Waals surface area (Å²) in [6.45, 7) is 3.93. The molecule has 0 bridgehead atoms. The molecular weight excluding hydrogens is 264 g/mol. The van der Waals surface area contributed by atoms with E-state index >= 15 is 0 Å². The van der Waals surface area contributed by atoms with E-state index in [4.69, 9.17) is 10.5 Å². The molecule has 1 aromatic rings. The van der Waals surface area contributed by atoms with E-state index in [9.17, 15) is 4.79 Å². The molecule has 2 N–H and O–H groups in total. The highest BCUT2D eigenvalue weighted by Crippen LogP contribution is 2.19. The predicted octanol–water partition coefficient (Wildman–Crippen LogP) is 2.95. The van der Waals surface area contributed by atoms with E-state index in [0.29, 0.717) is 19.6 Å². The lowest BCUT2D eigenvalue weighted by molar-refractivity contribution is -0.130. The van der Waals surface area contributed by atoms with Gasteiger partial charge in [0.15, 0.2) is 0 Å². The molecule has 0 radical (unpaired) electrons. The number of unbranched alkanes of at least 4 members (excludes halogenated alkanes) is 3. The van der Waals surface area contributed by atoms with Crippen molar-refractivity contribution < 1.29 is 9.53 Å². The van der Waals surface area contributed by atoms with Crippen LogP contribution < -0.4 is 10.5 Å². The Kier molecular flexibility index (Phi) is 8.51. The van der Waals surface area contributed by atoms with Gasteiger partial charge >= 0.3 is 0 Å². The molecule has 0 aliphatic carbocycles. The van der Waals surface area contributed by atoms with Crippen molar-refractivity contribution in [2.45, 2.75) is 45.6 Å². The molecule has 1 aromatic carbocycles. The third-order valence-electron chi connectivity index (χ3n) is 3.45. The van der Waals surface area contributed by atoms with Crippen molar-refractivity contribution in [1.29, 1.82) is 0 Å². The number of nitrogens with two attached hydrogens (primary N) is 1. The third kappa shape index (κ3) is 6.63. The normalized spacial score (nSPS) is 10.4. The number of amides is 1. The summed E-state index contributed by atoms with van der Waals surface area (Å²) in [7, 11) is 1.85. The Bertz CT molecular complexity index is 421. The second kappa shape index (κ2) is 10.2. The van der Waals surface area contributed by atoms with Gasteiger partial charge in [0, 0.05) is 25.6 Å². The van der Waals surface area contributed by atoms with Gasteiger partial charge in [0.2, 0.25) is 5.91 Å². The molecule has 0 saturated heterocycles. The Morgan fingerprint density at radius 1 is 1.19 bits per heavy atom. The van der Waals surface area contributed by atoms with Crippen molar-refractivity contribution in [2.24, 2.45) is 5.73 Å². The molecule has 4 heteroatoms. The largest absolute Gasteiger partial charge is 0.494 e. The maximum atomic E-state index is 12.1. The molecule has 0 aromatic heterocycles. The maximum Gasteiger partial charge on any atom is 0.222 e. The first-order valence-corrected chi connectivity index (χ1v) is 7.83. The van der Waals surface area contributed by atoms with E-state index in [1.807, 2.05) is 38.2 Å². The lowest BCUT2D eigenvalue weighted by Gasteiger charge is -2.19. The van der Waals surface area contributed by atoms with Crippen LogP contribution in [0.4, 0.5) is 0 Å². The van der Waals surface area contributed by atoms with Crippen LogP contribution in [-0.2, 0) is 11.3 Å². The molecule has 0 aliphatic heterocycles. The minimum Gasteiger partial charge on any atom is -0.494 e. The van der Waals surface area contributed by atoms with E-state index in [0.717, 1.165) is 43.5 Å². The number of hydrogen-bond acceptors (Lipinski definition) is 3. The van der Waals surface area contributed by atoms with Crippen molar-refractivity contribution >= 4 is 5.91 Å². The lowest BCUT2D eigenvalue weighted by Crippen LogP contribution is -2.26. The summed E-state index contributed by atoms with van der Waals surface area (Å²) in [6.07, 6.45) is 4.78. The monoisotopic (exact) mass is 292 g/mol. The summed E-state index contributed by atoms with van der Waals surface area (Å²) in [5.41, 5.74) is 6.51. The first-order chi connectivity index (χ1) is 10.2. The molecule has 118 valence electrons. The number of nitrogens with zero attached hydrogens (tertiary/aromatic N) is 1. The quantitative estimate of drug-likeness (QED) is 0.675. The predicted molar refractivity (Wildman–Crippen MR) is 86.2 cm³/mol. The standard InChI is InChI=1S/C17H28N2O2/c1-3-21-16-11-8-7-10-15(16)14-19(2)17(20)12-6-4-5-9-13-18/h7-8,10-11H,3-6,9,12-14,18H2,1-2H3. The summed E-state index contributed by atoms with van der Waals surface area (Å²) in [5.74, 6) is 1.05. The Morgan fingerprint density at radius 2 is 1.90 bits per heavy atom. The summed E-state index contributed by atoms with van der Waals surface area (Å²) in [6, 6.07) is 7.89. The van der Waals surface area contributed by atoms with Gasteiger partial charge in [0.25, 0.3) is 0 Å². The van der Waals surface area contributed by atoms with Crippen molar-refractivity contribution in [3.63, 3.8) is 0 Å². The molecule has 0 fully saturated rings. The molecule has 0 heterocycles. The number of para-hydroxylation sites is 1. The van der Waals surface area contributed by atoms with Crippen molar-refractivity contribution in [2.75, 3.05) is 20.2 Å². The van der Waals surface area contributed by atoms with Crippen LogP contribution in [0.2, 0.25) is 0 Å². The van der Waals surface area contributed by atoms with Gasteiger partial charge in [-0.05, 0) is 32.4 Å². The minimum absolute atomic E-state index is 0.189. The first-order valence-electron chi connectivity index (χ1n) is 7.83. The van der Waals surface area contributed by atoms with E-state index in [1.54, 1.807) is 4.90 Å². The Morgan fingerprint density at radius 3 is 2.62 bits per heavy atom. The van der Waals surface area contributed by atoms with Crippen LogP contribution in [0.25, 0.3) is 0 Å². The molecule has 0 atom stereocenters. The number of ether oxygens (including phenoxy) is 1. The summed E-state index contributed by atoms with van der Waals surface area (Å²) in [4.78, 5) is 13.9. The molecule has 1 amide bonds. The first kappa shape index (κ1) is 17.5. The van der Waals surface area contributed by atoms with E-state index in [1.165, 1.54) is 0 Å². The van der Waals surface area contributed by atoms with Crippen molar-refractivity contribution in [3.05, 3.63) is 29.8 Å². The van der Waals surface area contributed by atoms with Crippen LogP contribution in [0.15, 0.2) is 24.3 Å². The average Bonchev–Trinajstić information content (AvgIpc) is 2.49. The van der Waals surface area contributed by atoms with Gasteiger partial charge in [0.1, 0.15) is 5.75 Å². The lowest BCUT2D eigenvalue weighted by atomic mass is 10.1. The Hall–Kier alpha value is -1.55. The van der Waals surface area contributed by atoms with Crippen LogP contribution >= 0.6 is 0 Å². The maximum absolute atomic E-state index is 12.1. The number of carbonyl (C=O) groups excluding carboxylic acids is 1. The van der Waals surface area contributed by atoms with Gasteiger partial charge in [-0.3, -0.25) is 4.79 Å². The molecule has 0 saturated carbocycles. The second-order valence-electron chi connectivity index (χ2n) is 5.24. The van der Waals surface area contributed by atoms with Gasteiger partial charge in [-0.2, -0.15) is 0 Å². The topological polar surface area (TPSA) is 55.6 Å². The van der Waals surface area contributed by atoms with Gasteiger partial charge < -0.3 is 15.4 Å². The Labute approximate surface area is 128 Å². The summed E-state index contributed by atoms with van der Waals surface area (Å²) >= 11 is 0. The highest BCUT2D eigenvalue weighted by Gasteiger charge is 2.11. The molecule has 0 unspecified atom stereocenters. The highest BCUT2D eigenvalue weighted by atomic mass is 16.5. The van der Waals surface area contributed by atoms with Crippen LogP contribution in [-0.4, -0.2) is 31.0 Å². The SMILES string of the molecule is CCOc1ccccc1CN(C)C(=O)CCCCCCN. The Balaban J connectivity index is 2.41. The van der Waals surface area contributed by atoms with Crippen LogP contribution in [0.3, 0.4) is 0 Å². The van der Waals surface area contributed by atoms with Gasteiger partial charge in [0.05, 0.1) is 6.61 Å². The molecule has 0 aliphatic rings. The van der Waals surface area contributed by atoms with Crippen molar-refractivity contribution in [1.82, 2.24) is 4.90 Å². The fourth-order valence-electron chi connectivity index (χ4n) is 2.24. The molecular formula is C17H28N2O2. The molecule has 21 heavy (non-hydrogen) atoms. The minimum atomic E-state index is 0.189. The zero-order valence-electron chi connectivity index (χ0n) is 13.3. The highest BCUT2D eigenvalue weighted by molar-refractivity contribution is 5.75. The summed E-state index contributed by atoms with van der Waals surface area (Å²) in [5, 5.41) is 0. The van der Waals surface area contributed by atoms with Crippen molar-refractivity contribution in [3.8, 4) is 5.75 Å². The van der Waals surface area contributed by atoms with Gasteiger partial charge in [-0.1, -0.05) is 31.0 Å². The average molecular weight is 292 g/mol. The fourth-order valence-corrected chi connectivity index (χ4v) is 2.24. The second-order valence-corrected chi connectivity index (χ2v) is 5.24. The fraction of sp³-hybridized carbons (Fsp3) is 0.588. The van der Waals surface area contributed by atoms with Gasteiger partial charge in [-0.15, -0.1) is 0 Å². The van der Waals surface area contributed by atoms with Crippen LogP contribution in [0.1, 0.15) is 44.6 Å². The third-order valence-corrected chi connectivity index (χ3v) is 3.45. The molecule has 4 nitrogen and oxygen atoms in total. The zero-order valence-corrected chi connectivity index (χ0v) is 13.3. The summed E-state index contributed by atoms with van der Waals surface area (Å²) < 4.78 is 5.59. The van der Waals surface area contributed by atoms with Crippen LogP contribution in [0, 0.1) is 0 Å². The number of hydrogen-bond donors (Lipinski definition) is 1.